The summed E-state index contributed by atoms with van der Waals surface area (Å²) in [5.74, 6) is 0.387. The Morgan fingerprint density at radius 1 is 1.21 bits per heavy atom. The molecule has 1 N–H and O–H groups in total. The molecule has 1 rings (SSSR count). The van der Waals surface area contributed by atoms with Crippen molar-refractivity contribution >= 4 is 0 Å². The van der Waals surface area contributed by atoms with Crippen LogP contribution in [0.2, 0.25) is 0 Å². The van der Waals surface area contributed by atoms with Crippen LogP contribution in [0.4, 0.5) is 0 Å². The zero-order valence-corrected chi connectivity index (χ0v) is 9.29. The molecule has 0 aromatic heterocycles. The van der Waals surface area contributed by atoms with E-state index in [1.807, 2.05) is 39.8 Å². The van der Waals surface area contributed by atoms with E-state index in [0.29, 0.717) is 12.4 Å². The fourth-order valence-electron chi connectivity index (χ4n) is 1.39. The summed E-state index contributed by atoms with van der Waals surface area (Å²) in [7, 11) is 0. The van der Waals surface area contributed by atoms with Gasteiger partial charge in [-0.3, -0.25) is 0 Å². The Morgan fingerprint density at radius 3 is 2.14 bits per heavy atom. The molecule has 0 amide bonds. The summed E-state index contributed by atoms with van der Waals surface area (Å²) in [6.45, 7) is 8.45. The van der Waals surface area contributed by atoms with Gasteiger partial charge >= 0.3 is 0 Å². The van der Waals surface area contributed by atoms with Gasteiger partial charge in [-0.1, -0.05) is 12.1 Å². The maximum absolute atomic E-state index is 9.57. The summed E-state index contributed by atoms with van der Waals surface area (Å²) in [6.07, 6.45) is 0.240. The SMILES string of the molecule is Cc1cc(COC(C)C)cc(C)c1O. The lowest BCUT2D eigenvalue weighted by atomic mass is 10.1. The average Bonchev–Trinajstić information content (AvgIpc) is 2.10. The minimum Gasteiger partial charge on any atom is -0.507 e. The third-order valence-corrected chi connectivity index (χ3v) is 2.13. The minimum absolute atomic E-state index is 0.240. The van der Waals surface area contributed by atoms with Crippen LogP contribution in [0.5, 0.6) is 5.75 Å². The van der Waals surface area contributed by atoms with Gasteiger partial charge in [0.05, 0.1) is 12.7 Å². The molecule has 78 valence electrons. The zero-order valence-electron chi connectivity index (χ0n) is 9.29. The topological polar surface area (TPSA) is 29.5 Å². The Hall–Kier alpha value is -1.02. The lowest BCUT2D eigenvalue weighted by Gasteiger charge is -2.10. The van der Waals surface area contributed by atoms with Gasteiger partial charge in [0.1, 0.15) is 5.75 Å². The summed E-state index contributed by atoms with van der Waals surface area (Å²) >= 11 is 0. The number of phenolic OH excluding ortho intramolecular Hbond substituents is 1. The molecular weight excluding hydrogens is 176 g/mol. The Kier molecular flexibility index (Phi) is 3.53. The van der Waals surface area contributed by atoms with Crippen molar-refractivity contribution in [3.05, 3.63) is 28.8 Å². The van der Waals surface area contributed by atoms with Gasteiger partial charge in [0.2, 0.25) is 0 Å². The van der Waals surface area contributed by atoms with E-state index in [2.05, 4.69) is 0 Å². The van der Waals surface area contributed by atoms with Crippen LogP contribution in [0.1, 0.15) is 30.5 Å². The fourth-order valence-corrected chi connectivity index (χ4v) is 1.39. The maximum atomic E-state index is 9.57. The van der Waals surface area contributed by atoms with Crippen molar-refractivity contribution in [2.45, 2.75) is 40.4 Å². The highest BCUT2D eigenvalue weighted by molar-refractivity contribution is 5.41. The summed E-state index contributed by atoms with van der Waals surface area (Å²) in [4.78, 5) is 0. The number of hydrogen-bond donors (Lipinski definition) is 1. The van der Waals surface area contributed by atoms with E-state index in [9.17, 15) is 5.11 Å². The first-order valence-corrected chi connectivity index (χ1v) is 4.91. The lowest BCUT2D eigenvalue weighted by Crippen LogP contribution is -2.02. The van der Waals surface area contributed by atoms with Crippen molar-refractivity contribution in [2.24, 2.45) is 0 Å². The largest absolute Gasteiger partial charge is 0.507 e. The monoisotopic (exact) mass is 194 g/mol. The van der Waals surface area contributed by atoms with Gasteiger partial charge < -0.3 is 9.84 Å². The predicted molar refractivity (Wildman–Crippen MR) is 57.5 cm³/mol. The van der Waals surface area contributed by atoms with Crippen LogP contribution in [0.3, 0.4) is 0 Å². The van der Waals surface area contributed by atoms with Gasteiger partial charge in [-0.05, 0) is 44.4 Å². The fraction of sp³-hybridized carbons (Fsp3) is 0.500. The molecule has 0 aliphatic rings. The van der Waals surface area contributed by atoms with E-state index in [0.717, 1.165) is 16.7 Å². The number of aromatic hydroxyl groups is 1. The molecule has 0 aliphatic heterocycles. The number of phenols is 1. The van der Waals surface area contributed by atoms with E-state index in [1.165, 1.54) is 0 Å². The van der Waals surface area contributed by atoms with Crippen molar-refractivity contribution in [2.75, 3.05) is 0 Å². The van der Waals surface area contributed by atoms with Crippen molar-refractivity contribution < 1.29 is 9.84 Å². The second kappa shape index (κ2) is 4.47. The highest BCUT2D eigenvalue weighted by Crippen LogP contribution is 2.23. The van der Waals surface area contributed by atoms with Crippen LogP contribution in [0.25, 0.3) is 0 Å². The molecule has 0 spiro atoms. The normalized spacial score (nSPS) is 10.9. The van der Waals surface area contributed by atoms with E-state index >= 15 is 0 Å². The van der Waals surface area contributed by atoms with Crippen LogP contribution in [-0.2, 0) is 11.3 Å². The summed E-state index contributed by atoms with van der Waals surface area (Å²) < 4.78 is 5.50. The van der Waals surface area contributed by atoms with Gasteiger partial charge in [0, 0.05) is 0 Å². The van der Waals surface area contributed by atoms with E-state index in [1.54, 1.807) is 0 Å². The van der Waals surface area contributed by atoms with Gasteiger partial charge in [0.25, 0.3) is 0 Å². The molecule has 1 aromatic rings. The molecule has 2 nitrogen and oxygen atoms in total. The quantitative estimate of drug-likeness (QED) is 0.801. The zero-order chi connectivity index (χ0) is 10.7. The molecular formula is C12H18O2. The summed E-state index contributed by atoms with van der Waals surface area (Å²) in [5.41, 5.74) is 2.94. The molecule has 2 heteroatoms. The molecule has 0 saturated heterocycles. The predicted octanol–water partition coefficient (Wildman–Crippen LogP) is 2.93. The van der Waals surface area contributed by atoms with Crippen LogP contribution in [0.15, 0.2) is 12.1 Å². The molecule has 0 fully saturated rings. The van der Waals surface area contributed by atoms with Gasteiger partial charge in [-0.2, -0.15) is 0 Å². The molecule has 1 aromatic carbocycles. The van der Waals surface area contributed by atoms with Gasteiger partial charge in [-0.15, -0.1) is 0 Å². The van der Waals surface area contributed by atoms with Crippen LogP contribution in [-0.4, -0.2) is 11.2 Å². The Morgan fingerprint density at radius 2 is 1.71 bits per heavy atom. The number of benzene rings is 1. The van der Waals surface area contributed by atoms with E-state index < -0.39 is 0 Å². The Bertz CT molecular complexity index is 293. The van der Waals surface area contributed by atoms with Crippen molar-refractivity contribution in [3.63, 3.8) is 0 Å². The minimum atomic E-state index is 0.240. The Labute approximate surface area is 85.5 Å². The molecule has 0 heterocycles. The molecule has 0 atom stereocenters. The van der Waals surface area contributed by atoms with Crippen LogP contribution in [0, 0.1) is 13.8 Å². The second-order valence-electron chi connectivity index (χ2n) is 3.94. The van der Waals surface area contributed by atoms with Gasteiger partial charge in [0.15, 0.2) is 0 Å². The molecule has 0 aliphatic carbocycles. The molecule has 0 saturated carbocycles. The first-order valence-electron chi connectivity index (χ1n) is 4.91. The number of rotatable bonds is 3. The van der Waals surface area contributed by atoms with Crippen LogP contribution >= 0.6 is 0 Å². The number of ether oxygens (including phenoxy) is 1. The smallest absolute Gasteiger partial charge is 0.121 e. The Balaban J connectivity index is 2.79. The lowest BCUT2D eigenvalue weighted by molar-refractivity contribution is 0.0656. The summed E-state index contributed by atoms with van der Waals surface area (Å²) in [6, 6.07) is 3.93. The van der Waals surface area contributed by atoms with Crippen molar-refractivity contribution in [1.82, 2.24) is 0 Å². The molecule has 0 radical (unpaired) electrons. The van der Waals surface area contributed by atoms with E-state index in [-0.39, 0.29) is 6.10 Å². The maximum Gasteiger partial charge on any atom is 0.121 e. The van der Waals surface area contributed by atoms with Crippen LogP contribution < -0.4 is 0 Å². The first kappa shape index (κ1) is 11.1. The van der Waals surface area contributed by atoms with Crippen molar-refractivity contribution in [3.8, 4) is 5.75 Å². The summed E-state index contributed by atoms with van der Waals surface area (Å²) in [5, 5.41) is 9.57. The highest BCUT2D eigenvalue weighted by atomic mass is 16.5. The first-order chi connectivity index (χ1) is 6.50. The van der Waals surface area contributed by atoms with Gasteiger partial charge in [-0.25, -0.2) is 0 Å². The molecule has 0 bridgehead atoms. The average molecular weight is 194 g/mol. The molecule has 14 heavy (non-hydrogen) atoms. The standard InChI is InChI=1S/C12H18O2/c1-8(2)14-7-11-5-9(3)12(13)10(4)6-11/h5-6,8,13H,7H2,1-4H3. The third kappa shape index (κ3) is 2.74. The van der Waals surface area contributed by atoms with Crippen molar-refractivity contribution in [1.29, 1.82) is 0 Å². The highest BCUT2D eigenvalue weighted by Gasteiger charge is 2.03. The second-order valence-corrected chi connectivity index (χ2v) is 3.94. The molecule has 0 unspecified atom stereocenters. The van der Waals surface area contributed by atoms with E-state index in [4.69, 9.17) is 4.74 Å². The number of hydrogen-bond acceptors (Lipinski definition) is 2. The third-order valence-electron chi connectivity index (χ3n) is 2.13. The number of aryl methyl sites for hydroxylation is 2.